The van der Waals surface area contributed by atoms with Crippen molar-refractivity contribution in [3.05, 3.63) is 162 Å². The average Bonchev–Trinajstić information content (AvgIpc) is 1.54. The number of fused-ring (bicyclic) bond motifs is 12. The molecule has 6 aromatic heterocycles. The number of carbonyl (C=O) groups is 6. The highest BCUT2D eigenvalue weighted by molar-refractivity contribution is 5.97. The Morgan fingerprint density at radius 1 is 0.489 bits per heavy atom. The van der Waals surface area contributed by atoms with Crippen molar-refractivity contribution in [1.29, 1.82) is 0 Å². The fourth-order valence-electron chi connectivity index (χ4n) is 9.09. The summed E-state index contributed by atoms with van der Waals surface area (Å²) in [7, 11) is 0. The molecule has 88 heavy (non-hydrogen) atoms. The van der Waals surface area contributed by atoms with E-state index in [1.165, 1.54) is 18.2 Å². The highest BCUT2D eigenvalue weighted by Crippen LogP contribution is 2.38. The van der Waals surface area contributed by atoms with Gasteiger partial charge in [-0.15, -0.1) is 42.2 Å². The molecule has 0 radical (unpaired) electrons. The number of aromatic nitrogens is 9. The minimum Gasteiger partial charge on any atom is -0.505 e. The summed E-state index contributed by atoms with van der Waals surface area (Å²) >= 11 is 0. The van der Waals surface area contributed by atoms with Gasteiger partial charge in [0.15, 0.2) is 0 Å². The second kappa shape index (κ2) is 23.0. The number of carbonyl (C=O) groups excluding carboxylic acids is 6. The Morgan fingerprint density at radius 2 is 0.920 bits per heavy atom. The normalized spacial score (nSPS) is 11.6. The Bertz CT molecular complexity index is 4720. The third-order valence-electron chi connectivity index (χ3n) is 13.3. The molecule has 12 aromatic rings. The van der Waals surface area contributed by atoms with E-state index in [1.54, 1.807) is 134 Å². The lowest BCUT2D eigenvalue weighted by atomic mass is 10.1. The summed E-state index contributed by atoms with van der Waals surface area (Å²) in [6.45, 7) is 28.4. The Hall–Kier alpha value is -11.2. The van der Waals surface area contributed by atoms with E-state index in [2.05, 4.69) is 19.7 Å². The number of esters is 6. The molecule has 0 aliphatic rings. The van der Waals surface area contributed by atoms with Crippen molar-refractivity contribution in [1.82, 2.24) is 42.2 Å². The zero-order chi connectivity index (χ0) is 63.5. The number of phenols is 3. The maximum atomic E-state index is 12.3. The van der Waals surface area contributed by atoms with Crippen LogP contribution in [0.25, 0.3) is 50.2 Å². The van der Waals surface area contributed by atoms with Crippen LogP contribution in [-0.4, -0.2) is 125 Å². The number of aryl methyl sites for hydroxylation is 1. The summed E-state index contributed by atoms with van der Waals surface area (Å²) in [4.78, 5) is 76.3. The third-order valence-corrected chi connectivity index (χ3v) is 13.3. The number of hydrogen-bond acceptors (Lipinski definition) is 16. The number of hydrogen-bond donors (Lipinski definition) is 3. The van der Waals surface area contributed by atoms with Gasteiger partial charge in [-0.1, -0.05) is 19.7 Å². The van der Waals surface area contributed by atoms with Crippen LogP contribution in [-0.2, 0) is 33.3 Å². The molecule has 0 atom stereocenters. The van der Waals surface area contributed by atoms with Crippen LogP contribution in [0.15, 0.2) is 140 Å². The lowest BCUT2D eigenvalue weighted by Crippen LogP contribution is -2.23. The predicted molar refractivity (Wildman–Crippen MR) is 320 cm³/mol. The molecule has 0 aliphatic carbocycles. The number of ether oxygens (including phenoxy) is 7. The minimum atomic E-state index is -0.573. The van der Waals surface area contributed by atoms with Crippen LogP contribution in [0.4, 0.5) is 0 Å². The first-order valence-electron chi connectivity index (χ1n) is 27.6. The Balaban J connectivity index is 0.000000146. The summed E-state index contributed by atoms with van der Waals surface area (Å²) in [6.07, 6.45) is -0.191. The lowest BCUT2D eigenvalue weighted by molar-refractivity contribution is -0.139. The summed E-state index contributed by atoms with van der Waals surface area (Å²) in [5.74, 6) is -1.83. The van der Waals surface area contributed by atoms with Crippen molar-refractivity contribution in [3.8, 4) is 51.6 Å². The fourth-order valence-corrected chi connectivity index (χ4v) is 9.09. The van der Waals surface area contributed by atoms with Crippen molar-refractivity contribution in [3.63, 3.8) is 0 Å². The van der Waals surface area contributed by atoms with Crippen LogP contribution in [0.3, 0.4) is 0 Å². The maximum Gasteiger partial charge on any atom is 0.338 e. The molecule has 12 rings (SSSR count). The van der Waals surface area contributed by atoms with E-state index >= 15 is 0 Å². The maximum absolute atomic E-state index is 12.3. The van der Waals surface area contributed by atoms with Crippen LogP contribution in [0.5, 0.6) is 34.5 Å². The molecular weight excluding hydrogens is 1140 g/mol. The molecule has 0 amide bonds. The quantitative estimate of drug-likeness (QED) is 0.0252. The van der Waals surface area contributed by atoms with Crippen molar-refractivity contribution in [2.45, 2.75) is 80.9 Å². The predicted octanol–water partition coefficient (Wildman–Crippen LogP) is 9.85. The van der Waals surface area contributed by atoms with Crippen molar-refractivity contribution in [2.24, 2.45) is 0 Å². The van der Waals surface area contributed by atoms with Crippen LogP contribution >= 0.6 is 0 Å². The number of benzene rings is 6. The topological polar surface area (TPSA) is 269 Å². The average molecular weight is 1200 g/mol. The zero-order valence-electron chi connectivity index (χ0n) is 49.8. The van der Waals surface area contributed by atoms with E-state index in [1.807, 2.05) is 62.1 Å². The van der Waals surface area contributed by atoms with E-state index in [-0.39, 0.29) is 77.1 Å². The largest absolute Gasteiger partial charge is 0.505 e. The second-order valence-corrected chi connectivity index (χ2v) is 21.9. The van der Waals surface area contributed by atoms with Gasteiger partial charge in [-0.3, -0.25) is 0 Å². The van der Waals surface area contributed by atoms with Gasteiger partial charge in [0.1, 0.15) is 103 Å². The van der Waals surface area contributed by atoms with Crippen LogP contribution in [0.2, 0.25) is 0 Å². The molecule has 0 saturated heterocycles. The first-order valence-corrected chi connectivity index (χ1v) is 27.6. The van der Waals surface area contributed by atoms with Crippen LogP contribution < -0.4 is 14.2 Å². The first kappa shape index (κ1) is 59.9. The van der Waals surface area contributed by atoms with Gasteiger partial charge < -0.3 is 48.5 Å². The number of nitrogens with zero attached hydrogens (tertiary/aromatic N) is 9. The summed E-state index contributed by atoms with van der Waals surface area (Å²) in [5.41, 5.74) is 9.19. The van der Waals surface area contributed by atoms with Crippen molar-refractivity contribution in [2.75, 3.05) is 19.8 Å². The molecular formula is C63H63N9O16. The molecule has 0 saturated carbocycles. The lowest BCUT2D eigenvalue weighted by Gasteiger charge is -2.19. The van der Waals surface area contributed by atoms with Gasteiger partial charge in [0.25, 0.3) is 0 Å². The second-order valence-electron chi connectivity index (χ2n) is 21.9. The van der Waals surface area contributed by atoms with E-state index in [4.69, 9.17) is 33.2 Å². The SMILES string of the molecule is C=C(C)C(=O)OCCOc1ccc(-n2n3c4ccc(C(=O)OC(C)C)cc4n23)c(O)c1.C=C(C)C(=O)Oc1cc(O)c(-n2n3c4ccc(C(=O)OC(C)(C)C)cc4n23)cc1C.C=C(C)C(=O)Oc1ccc(-n2n3c4ccc(C(=O)OCC)cc4n23)c(O)c1. The van der Waals surface area contributed by atoms with Crippen LogP contribution in [0.1, 0.15) is 99.0 Å². The standard InChI is InChI=1S/C22H23N3O6.C22H23N3O5.C19H17N3O5/c1-13(2)21(27)30-10-9-29-16-6-8-18(20(26)12-16)24-23-17-7-5-15(11-19(17)25(23)24)22(28)31-14(3)4;1-12(2)20(27)29-19-11-18(26)17(9-13(19)3)25-23-15-8-7-14(10-16(15)24(23)25)21(28)30-22(4,5)6;1-4-26-19(25)12-5-7-14-16(9-12)22-20(14)21(22)15-8-6-13(10-17(15)23)27-18(24)11(2)3/h5-8,11-12,14,26H,1,9-10H2,2-4H3;7-11,26H,1H2,2-6H3;5-10,23H,2,4H2,1,3H3. The molecule has 6 aromatic carbocycles. The fraction of sp³-hybridized carbons (Fsp3) is 0.238. The molecule has 0 bridgehead atoms. The minimum absolute atomic E-state index is 0.0242. The molecule has 0 aliphatic heterocycles. The Morgan fingerprint density at radius 3 is 1.39 bits per heavy atom. The van der Waals surface area contributed by atoms with E-state index in [0.29, 0.717) is 57.2 Å². The molecule has 25 nitrogen and oxygen atoms in total. The van der Waals surface area contributed by atoms with E-state index in [0.717, 1.165) is 33.1 Å². The third kappa shape index (κ3) is 11.7. The highest BCUT2D eigenvalue weighted by Gasteiger charge is 2.31. The first-order chi connectivity index (χ1) is 41.7. The molecule has 0 unspecified atom stereocenters. The van der Waals surface area contributed by atoms with Gasteiger partial charge in [0, 0.05) is 34.9 Å². The smallest absolute Gasteiger partial charge is 0.338 e. The summed E-state index contributed by atoms with van der Waals surface area (Å²) < 4.78 is 47.5. The van der Waals surface area contributed by atoms with Crippen LogP contribution in [0, 0.1) is 6.92 Å². The summed E-state index contributed by atoms with van der Waals surface area (Å²) in [6, 6.07) is 28.5. The Kier molecular flexibility index (Phi) is 15.6. The zero-order valence-corrected chi connectivity index (χ0v) is 49.8. The van der Waals surface area contributed by atoms with E-state index in [9.17, 15) is 44.1 Å². The van der Waals surface area contributed by atoms with Crippen molar-refractivity contribution >= 4 is 68.9 Å². The van der Waals surface area contributed by atoms with E-state index < -0.39 is 23.5 Å². The van der Waals surface area contributed by atoms with Gasteiger partial charge in [-0.05, 0) is 160 Å². The Labute approximate surface area is 500 Å². The number of rotatable bonds is 17. The van der Waals surface area contributed by atoms with Gasteiger partial charge >= 0.3 is 35.8 Å². The molecule has 6 heterocycles. The molecule has 0 spiro atoms. The van der Waals surface area contributed by atoms with Gasteiger partial charge in [0.05, 0.1) is 29.4 Å². The van der Waals surface area contributed by atoms with Gasteiger partial charge in [0.2, 0.25) is 0 Å². The highest BCUT2D eigenvalue weighted by atomic mass is 16.6. The number of aromatic hydroxyl groups is 3. The molecule has 0 fully saturated rings. The molecule has 456 valence electrons. The summed E-state index contributed by atoms with van der Waals surface area (Å²) in [5, 5.41) is 31.3. The molecule has 3 N–H and O–H groups in total. The molecule has 25 heteroatoms. The van der Waals surface area contributed by atoms with Gasteiger partial charge in [-0.25, -0.2) is 28.8 Å². The van der Waals surface area contributed by atoms with Crippen molar-refractivity contribution < 1.29 is 77.2 Å². The van der Waals surface area contributed by atoms with Gasteiger partial charge in [-0.2, -0.15) is 0 Å². The number of phenolic OH excluding ortho intramolecular Hbond substituents is 3. The monoisotopic (exact) mass is 1200 g/mol.